The fraction of sp³-hybridized carbons (Fsp3) is 0.944. The van der Waals surface area contributed by atoms with E-state index in [1.54, 1.807) is 0 Å². The Balaban J connectivity index is 4.31. The molecule has 0 fully saturated rings. The van der Waals surface area contributed by atoms with Crippen molar-refractivity contribution in [2.75, 3.05) is 13.2 Å². The fourth-order valence-electron chi connectivity index (χ4n) is 8.10. The zero-order valence-electron chi connectivity index (χ0n) is 41.1. The third-order valence-electron chi connectivity index (χ3n) is 12.9. The lowest BCUT2D eigenvalue weighted by Gasteiger charge is -2.18. The Kier molecular flexibility index (Phi) is 45.7. The van der Waals surface area contributed by atoms with Crippen molar-refractivity contribution in [3.05, 3.63) is 0 Å². The molecule has 6 nitrogen and oxygen atoms in total. The Morgan fingerprint density at radius 1 is 0.333 bits per heavy atom. The molecule has 0 aliphatic carbocycles. The van der Waals surface area contributed by atoms with Gasteiger partial charge in [0.1, 0.15) is 13.2 Å². The standard InChI is InChI=1S/C54H104O6/c1-6-9-10-11-12-13-14-15-16-17-18-19-23-29-34-39-44-52(55)58-47-51(60-54(57)46-41-36-31-26-25-28-33-38-43-50(5)8-3)48-59-53(56)45-40-35-30-24-21-20-22-27-32-37-42-49(4)7-2/h49-51H,6-48H2,1-5H3/t49?,50?,51-/m1/s1. The molecule has 60 heavy (non-hydrogen) atoms. The molecule has 0 radical (unpaired) electrons. The maximum absolute atomic E-state index is 12.8. The van der Waals surface area contributed by atoms with E-state index in [1.807, 2.05) is 0 Å². The van der Waals surface area contributed by atoms with E-state index in [4.69, 9.17) is 14.2 Å². The number of ether oxygens (including phenoxy) is 3. The second-order valence-corrected chi connectivity index (χ2v) is 19.0. The van der Waals surface area contributed by atoms with Crippen LogP contribution in [0.2, 0.25) is 0 Å². The first-order valence-electron chi connectivity index (χ1n) is 26.8. The summed E-state index contributed by atoms with van der Waals surface area (Å²) in [6, 6.07) is 0. The lowest BCUT2D eigenvalue weighted by atomic mass is 9.99. The SMILES string of the molecule is CCCCCCCCCCCCCCCCCCC(=O)OC[C@H](COC(=O)CCCCCCCCCCCCC(C)CC)OC(=O)CCCCCCCCCCC(C)CC. The van der Waals surface area contributed by atoms with Crippen molar-refractivity contribution in [3.8, 4) is 0 Å². The minimum atomic E-state index is -0.762. The molecule has 3 atom stereocenters. The van der Waals surface area contributed by atoms with E-state index in [1.165, 1.54) is 186 Å². The van der Waals surface area contributed by atoms with Gasteiger partial charge in [0.2, 0.25) is 0 Å². The van der Waals surface area contributed by atoms with Crippen LogP contribution in [0.3, 0.4) is 0 Å². The van der Waals surface area contributed by atoms with Crippen molar-refractivity contribution < 1.29 is 28.6 Å². The van der Waals surface area contributed by atoms with Gasteiger partial charge in [-0.1, -0.05) is 259 Å². The third-order valence-corrected chi connectivity index (χ3v) is 12.9. The molecule has 2 unspecified atom stereocenters. The van der Waals surface area contributed by atoms with Crippen LogP contribution in [0.1, 0.15) is 298 Å². The van der Waals surface area contributed by atoms with Crippen molar-refractivity contribution in [1.29, 1.82) is 0 Å². The van der Waals surface area contributed by atoms with Crippen molar-refractivity contribution in [1.82, 2.24) is 0 Å². The average Bonchev–Trinajstić information content (AvgIpc) is 3.25. The summed E-state index contributed by atoms with van der Waals surface area (Å²) in [5.74, 6) is 0.867. The largest absolute Gasteiger partial charge is 0.462 e. The monoisotopic (exact) mass is 849 g/mol. The van der Waals surface area contributed by atoms with Gasteiger partial charge in [-0.3, -0.25) is 14.4 Å². The molecule has 0 aliphatic rings. The summed E-state index contributed by atoms with van der Waals surface area (Å²) in [4.78, 5) is 38.0. The molecule has 0 spiro atoms. The van der Waals surface area contributed by atoms with Gasteiger partial charge in [-0.15, -0.1) is 0 Å². The maximum atomic E-state index is 12.8. The van der Waals surface area contributed by atoms with Crippen LogP contribution in [0.25, 0.3) is 0 Å². The highest BCUT2D eigenvalue weighted by Gasteiger charge is 2.19. The van der Waals surface area contributed by atoms with Crippen LogP contribution in [-0.4, -0.2) is 37.2 Å². The molecule has 0 aromatic heterocycles. The summed E-state index contributed by atoms with van der Waals surface area (Å²) in [6.07, 6.45) is 47.9. The zero-order chi connectivity index (χ0) is 44.0. The van der Waals surface area contributed by atoms with Crippen molar-refractivity contribution in [2.45, 2.75) is 304 Å². The predicted octanol–water partition coefficient (Wildman–Crippen LogP) is 17.3. The lowest BCUT2D eigenvalue weighted by Crippen LogP contribution is -2.30. The van der Waals surface area contributed by atoms with Crippen LogP contribution in [0.4, 0.5) is 0 Å². The Hall–Kier alpha value is -1.59. The number of rotatable bonds is 48. The Labute approximate surface area is 374 Å². The van der Waals surface area contributed by atoms with Gasteiger partial charge >= 0.3 is 17.9 Å². The maximum Gasteiger partial charge on any atom is 0.306 e. The van der Waals surface area contributed by atoms with E-state index in [2.05, 4.69) is 34.6 Å². The quantitative estimate of drug-likeness (QED) is 0.0345. The minimum absolute atomic E-state index is 0.0639. The van der Waals surface area contributed by atoms with Crippen molar-refractivity contribution in [3.63, 3.8) is 0 Å². The highest BCUT2D eigenvalue weighted by molar-refractivity contribution is 5.71. The van der Waals surface area contributed by atoms with Gasteiger partial charge in [-0.25, -0.2) is 0 Å². The molecule has 0 aliphatic heterocycles. The van der Waals surface area contributed by atoms with Crippen LogP contribution in [-0.2, 0) is 28.6 Å². The summed E-state index contributed by atoms with van der Waals surface area (Å²) < 4.78 is 16.8. The molecule has 0 N–H and O–H groups in total. The minimum Gasteiger partial charge on any atom is -0.462 e. The van der Waals surface area contributed by atoms with E-state index in [-0.39, 0.29) is 31.1 Å². The number of unbranched alkanes of at least 4 members (excludes halogenated alkanes) is 31. The molecule has 0 saturated heterocycles. The smallest absolute Gasteiger partial charge is 0.306 e. The first-order valence-corrected chi connectivity index (χ1v) is 26.8. The highest BCUT2D eigenvalue weighted by Crippen LogP contribution is 2.18. The molecule has 0 aromatic rings. The first kappa shape index (κ1) is 58.4. The molecular formula is C54H104O6. The first-order chi connectivity index (χ1) is 29.3. The number of hydrogen-bond acceptors (Lipinski definition) is 6. The molecule has 6 heteroatoms. The Morgan fingerprint density at radius 2 is 0.583 bits per heavy atom. The summed E-state index contributed by atoms with van der Waals surface area (Å²) >= 11 is 0. The fourth-order valence-corrected chi connectivity index (χ4v) is 8.10. The van der Waals surface area contributed by atoms with Gasteiger partial charge in [0, 0.05) is 19.3 Å². The highest BCUT2D eigenvalue weighted by atomic mass is 16.6. The van der Waals surface area contributed by atoms with Crippen LogP contribution < -0.4 is 0 Å². The van der Waals surface area contributed by atoms with Gasteiger partial charge < -0.3 is 14.2 Å². The molecule has 0 bridgehead atoms. The summed E-state index contributed by atoms with van der Waals surface area (Å²) in [6.45, 7) is 11.4. The van der Waals surface area contributed by atoms with E-state index < -0.39 is 6.10 Å². The van der Waals surface area contributed by atoms with E-state index in [9.17, 15) is 14.4 Å². The van der Waals surface area contributed by atoms with E-state index in [0.29, 0.717) is 19.3 Å². The molecule has 356 valence electrons. The second kappa shape index (κ2) is 46.9. The Bertz CT molecular complexity index is 920. The lowest BCUT2D eigenvalue weighted by molar-refractivity contribution is -0.167. The Morgan fingerprint density at radius 3 is 0.867 bits per heavy atom. The number of carbonyl (C=O) groups excluding carboxylic acids is 3. The number of carbonyl (C=O) groups is 3. The average molecular weight is 849 g/mol. The van der Waals surface area contributed by atoms with Gasteiger partial charge in [-0.05, 0) is 31.1 Å². The summed E-state index contributed by atoms with van der Waals surface area (Å²) in [7, 11) is 0. The van der Waals surface area contributed by atoms with Crippen LogP contribution in [0.15, 0.2) is 0 Å². The van der Waals surface area contributed by atoms with Gasteiger partial charge in [-0.2, -0.15) is 0 Å². The molecule has 0 amide bonds. The van der Waals surface area contributed by atoms with Crippen LogP contribution >= 0.6 is 0 Å². The van der Waals surface area contributed by atoms with Gasteiger partial charge in [0.25, 0.3) is 0 Å². The van der Waals surface area contributed by atoms with Crippen LogP contribution in [0, 0.1) is 11.8 Å². The summed E-state index contributed by atoms with van der Waals surface area (Å²) in [5, 5.41) is 0. The predicted molar refractivity (Wildman–Crippen MR) is 256 cm³/mol. The summed E-state index contributed by atoms with van der Waals surface area (Å²) in [5.41, 5.74) is 0. The topological polar surface area (TPSA) is 78.9 Å². The molecular weight excluding hydrogens is 745 g/mol. The molecule has 0 aromatic carbocycles. The van der Waals surface area contributed by atoms with Crippen LogP contribution in [0.5, 0.6) is 0 Å². The molecule has 0 heterocycles. The van der Waals surface area contributed by atoms with Crippen molar-refractivity contribution in [2.24, 2.45) is 11.8 Å². The zero-order valence-corrected chi connectivity index (χ0v) is 41.1. The van der Waals surface area contributed by atoms with E-state index >= 15 is 0 Å². The number of esters is 3. The molecule has 0 saturated carbocycles. The second-order valence-electron chi connectivity index (χ2n) is 19.0. The normalized spacial score (nSPS) is 12.9. The number of hydrogen-bond donors (Lipinski definition) is 0. The van der Waals surface area contributed by atoms with E-state index in [0.717, 1.165) is 69.6 Å². The third kappa shape index (κ3) is 44.5. The van der Waals surface area contributed by atoms with Crippen molar-refractivity contribution >= 4 is 17.9 Å². The van der Waals surface area contributed by atoms with Gasteiger partial charge in [0.05, 0.1) is 0 Å². The van der Waals surface area contributed by atoms with Gasteiger partial charge in [0.15, 0.2) is 6.10 Å². The molecule has 0 rings (SSSR count).